The Kier molecular flexibility index (Phi) is 3.47. The topological polar surface area (TPSA) is 25.4 Å². The second kappa shape index (κ2) is 5.04. The van der Waals surface area contributed by atoms with Crippen LogP contribution in [-0.4, -0.2) is 25.7 Å². The van der Waals surface area contributed by atoms with E-state index in [1.165, 1.54) is 0 Å². The number of benzene rings is 1. The third-order valence-electron chi connectivity index (χ3n) is 2.66. The van der Waals surface area contributed by atoms with E-state index >= 15 is 0 Å². The highest BCUT2D eigenvalue weighted by atomic mass is 16.5. The van der Waals surface area contributed by atoms with Crippen LogP contribution in [-0.2, 0) is 0 Å². The van der Waals surface area contributed by atoms with E-state index in [2.05, 4.69) is 28.9 Å². The van der Waals surface area contributed by atoms with Gasteiger partial charge in [0.15, 0.2) is 0 Å². The lowest BCUT2D eigenvalue weighted by atomic mass is 10.2. The summed E-state index contributed by atoms with van der Waals surface area (Å²) in [6.07, 6.45) is 2.81. The van der Waals surface area contributed by atoms with Crippen LogP contribution in [0.15, 0.2) is 30.5 Å². The first-order valence-corrected chi connectivity index (χ1v) is 5.91. The minimum atomic E-state index is 0.741. The summed E-state index contributed by atoms with van der Waals surface area (Å²) < 4.78 is 5.74. The van der Waals surface area contributed by atoms with Gasteiger partial charge in [0.1, 0.15) is 5.75 Å². The molecule has 0 radical (unpaired) electrons. The van der Waals surface area contributed by atoms with Crippen molar-refractivity contribution in [2.75, 3.05) is 25.6 Å². The van der Waals surface area contributed by atoms with E-state index in [0.29, 0.717) is 0 Å². The van der Waals surface area contributed by atoms with Crippen molar-refractivity contribution in [3.63, 3.8) is 0 Å². The molecule has 0 unspecified atom stereocenters. The van der Waals surface area contributed by atoms with Crippen LogP contribution < -0.4 is 9.64 Å². The van der Waals surface area contributed by atoms with Gasteiger partial charge in [-0.3, -0.25) is 4.98 Å². The number of anilines is 1. The lowest BCUT2D eigenvalue weighted by Gasteiger charge is -2.14. The first-order valence-electron chi connectivity index (χ1n) is 5.91. The molecule has 3 nitrogen and oxygen atoms in total. The van der Waals surface area contributed by atoms with Gasteiger partial charge in [-0.1, -0.05) is 6.92 Å². The first kappa shape index (κ1) is 11.7. The summed E-state index contributed by atoms with van der Waals surface area (Å²) in [5.74, 6) is 0.917. The van der Waals surface area contributed by atoms with Crippen LogP contribution in [0.4, 0.5) is 5.69 Å². The van der Waals surface area contributed by atoms with E-state index in [9.17, 15) is 0 Å². The Morgan fingerprint density at radius 1 is 1.24 bits per heavy atom. The fourth-order valence-electron chi connectivity index (χ4n) is 1.73. The zero-order valence-electron chi connectivity index (χ0n) is 10.6. The first-order chi connectivity index (χ1) is 8.22. The molecule has 90 valence electrons. The largest absolute Gasteiger partial charge is 0.493 e. The van der Waals surface area contributed by atoms with Gasteiger partial charge in [-0.05, 0) is 30.7 Å². The normalized spacial score (nSPS) is 10.5. The second-order valence-corrected chi connectivity index (χ2v) is 4.25. The number of hydrogen-bond acceptors (Lipinski definition) is 3. The Hall–Kier alpha value is -1.77. The number of hydrogen-bond donors (Lipinski definition) is 0. The number of nitrogens with zero attached hydrogens (tertiary/aromatic N) is 2. The van der Waals surface area contributed by atoms with Crippen molar-refractivity contribution in [3.05, 3.63) is 30.5 Å². The predicted molar refractivity (Wildman–Crippen MR) is 71.9 cm³/mol. The number of pyridine rings is 1. The van der Waals surface area contributed by atoms with Gasteiger partial charge in [-0.15, -0.1) is 0 Å². The van der Waals surface area contributed by atoms with E-state index in [-0.39, 0.29) is 0 Å². The van der Waals surface area contributed by atoms with Gasteiger partial charge in [-0.25, -0.2) is 0 Å². The monoisotopic (exact) mass is 230 g/mol. The van der Waals surface area contributed by atoms with Crippen LogP contribution in [0.25, 0.3) is 10.9 Å². The van der Waals surface area contributed by atoms with Crippen LogP contribution in [0.1, 0.15) is 13.3 Å². The molecule has 0 aliphatic carbocycles. The highest BCUT2D eigenvalue weighted by molar-refractivity contribution is 5.88. The number of fused-ring (bicyclic) bond motifs is 1. The maximum absolute atomic E-state index is 5.74. The minimum Gasteiger partial charge on any atom is -0.493 e. The van der Waals surface area contributed by atoms with Crippen LogP contribution in [0.3, 0.4) is 0 Å². The summed E-state index contributed by atoms with van der Waals surface area (Å²) in [6, 6.07) is 8.15. The Balaban J connectivity index is 2.48. The van der Waals surface area contributed by atoms with Gasteiger partial charge >= 0.3 is 0 Å². The molecule has 0 fully saturated rings. The lowest BCUT2D eigenvalue weighted by molar-refractivity contribution is 0.321. The smallest absolute Gasteiger partial charge is 0.130 e. The molecule has 0 N–H and O–H groups in total. The third kappa shape index (κ3) is 2.49. The van der Waals surface area contributed by atoms with Crippen molar-refractivity contribution in [1.29, 1.82) is 0 Å². The molecule has 0 bridgehead atoms. The summed E-state index contributed by atoms with van der Waals surface area (Å²) in [6.45, 7) is 2.85. The molecule has 2 rings (SSSR count). The highest BCUT2D eigenvalue weighted by Crippen LogP contribution is 2.27. The molecule has 1 aromatic heterocycles. The third-order valence-corrected chi connectivity index (χ3v) is 2.66. The summed E-state index contributed by atoms with van der Waals surface area (Å²) >= 11 is 0. The van der Waals surface area contributed by atoms with Crippen molar-refractivity contribution in [2.24, 2.45) is 0 Å². The molecule has 2 aromatic rings. The van der Waals surface area contributed by atoms with Crippen molar-refractivity contribution in [1.82, 2.24) is 4.98 Å². The molecular weight excluding hydrogens is 212 g/mol. The Morgan fingerprint density at radius 3 is 2.76 bits per heavy atom. The fraction of sp³-hybridized carbons (Fsp3) is 0.357. The maximum Gasteiger partial charge on any atom is 0.130 e. The van der Waals surface area contributed by atoms with Gasteiger partial charge in [0, 0.05) is 31.4 Å². The van der Waals surface area contributed by atoms with Gasteiger partial charge in [0.2, 0.25) is 0 Å². The van der Waals surface area contributed by atoms with Crippen molar-refractivity contribution >= 4 is 16.6 Å². The standard InChI is InChI=1S/C14H18N2O/c1-4-9-17-14-7-8-15-13-6-5-11(16(2)3)10-12(13)14/h5-8,10H,4,9H2,1-3H3. The minimum absolute atomic E-state index is 0.741. The van der Waals surface area contributed by atoms with E-state index < -0.39 is 0 Å². The molecule has 0 saturated heterocycles. The van der Waals surface area contributed by atoms with Gasteiger partial charge < -0.3 is 9.64 Å². The molecule has 0 amide bonds. The van der Waals surface area contributed by atoms with E-state index in [4.69, 9.17) is 4.74 Å². The fourth-order valence-corrected chi connectivity index (χ4v) is 1.73. The molecule has 1 heterocycles. The highest BCUT2D eigenvalue weighted by Gasteiger charge is 2.05. The Labute approximate surface area is 102 Å². The molecule has 0 aliphatic rings. The number of aromatic nitrogens is 1. The van der Waals surface area contributed by atoms with Gasteiger partial charge in [-0.2, -0.15) is 0 Å². The Bertz CT molecular complexity index is 509. The average molecular weight is 230 g/mol. The van der Waals surface area contributed by atoms with E-state index in [0.717, 1.165) is 35.4 Å². The predicted octanol–water partition coefficient (Wildman–Crippen LogP) is 3.09. The number of rotatable bonds is 4. The quantitative estimate of drug-likeness (QED) is 0.807. The zero-order chi connectivity index (χ0) is 12.3. The molecule has 0 atom stereocenters. The van der Waals surface area contributed by atoms with Crippen LogP contribution >= 0.6 is 0 Å². The Morgan fingerprint density at radius 2 is 2.06 bits per heavy atom. The summed E-state index contributed by atoms with van der Waals surface area (Å²) in [7, 11) is 4.06. The second-order valence-electron chi connectivity index (χ2n) is 4.25. The van der Waals surface area contributed by atoms with Gasteiger partial charge in [0.05, 0.1) is 12.1 Å². The number of ether oxygens (including phenoxy) is 1. The van der Waals surface area contributed by atoms with E-state index in [1.807, 2.05) is 26.2 Å². The molecular formula is C14H18N2O. The van der Waals surface area contributed by atoms with E-state index in [1.54, 1.807) is 6.20 Å². The van der Waals surface area contributed by atoms with Crippen LogP contribution in [0.2, 0.25) is 0 Å². The molecule has 1 aromatic carbocycles. The molecule has 0 saturated carbocycles. The van der Waals surface area contributed by atoms with Crippen molar-refractivity contribution < 1.29 is 4.74 Å². The van der Waals surface area contributed by atoms with Crippen molar-refractivity contribution in [3.8, 4) is 5.75 Å². The van der Waals surface area contributed by atoms with Crippen LogP contribution in [0.5, 0.6) is 5.75 Å². The van der Waals surface area contributed by atoms with Crippen LogP contribution in [0, 0.1) is 0 Å². The van der Waals surface area contributed by atoms with Crippen molar-refractivity contribution in [2.45, 2.75) is 13.3 Å². The molecule has 17 heavy (non-hydrogen) atoms. The van der Waals surface area contributed by atoms with Gasteiger partial charge in [0.25, 0.3) is 0 Å². The SMILES string of the molecule is CCCOc1ccnc2ccc(N(C)C)cc12. The average Bonchev–Trinajstić information content (AvgIpc) is 2.35. The summed E-state index contributed by atoms with van der Waals surface area (Å²) in [5.41, 5.74) is 2.14. The lowest BCUT2D eigenvalue weighted by Crippen LogP contribution is -2.08. The molecule has 0 aliphatic heterocycles. The molecule has 0 spiro atoms. The summed E-state index contributed by atoms with van der Waals surface area (Å²) in [5, 5.41) is 1.08. The maximum atomic E-state index is 5.74. The summed E-state index contributed by atoms with van der Waals surface area (Å²) in [4.78, 5) is 6.43. The molecule has 3 heteroatoms. The zero-order valence-corrected chi connectivity index (χ0v) is 10.6.